The maximum absolute atomic E-state index is 12.9. The molecule has 2 aromatic heterocycles. The minimum Gasteiger partial charge on any atom is -0.354 e. The fourth-order valence-corrected chi connectivity index (χ4v) is 3.19. The fraction of sp³-hybridized carbons (Fsp3) is 0.211. The van der Waals surface area contributed by atoms with Crippen molar-refractivity contribution < 1.29 is 9.18 Å². The third-order valence-electron chi connectivity index (χ3n) is 3.97. The molecule has 3 aromatic rings. The predicted molar refractivity (Wildman–Crippen MR) is 99.6 cm³/mol. The first kappa shape index (κ1) is 18.0. The Labute approximate surface area is 154 Å². The standard InChI is InChI=1S/C19H18FN3O2S/c1-13(19(25)21-11-10-14-4-6-15(20)7-5-14)23-18(24)9-8-16(22-23)17-3-2-12-26-17/h2-9,12-13H,10-11H2,1H3,(H,21,25). The van der Waals surface area contributed by atoms with Crippen molar-refractivity contribution in [3.8, 4) is 10.6 Å². The zero-order chi connectivity index (χ0) is 18.5. The molecule has 0 aliphatic carbocycles. The highest BCUT2D eigenvalue weighted by Gasteiger charge is 2.17. The lowest BCUT2D eigenvalue weighted by Crippen LogP contribution is -2.37. The molecule has 134 valence electrons. The van der Waals surface area contributed by atoms with Gasteiger partial charge in [0.2, 0.25) is 5.91 Å². The van der Waals surface area contributed by atoms with Crippen LogP contribution < -0.4 is 10.9 Å². The van der Waals surface area contributed by atoms with Gasteiger partial charge in [-0.3, -0.25) is 9.59 Å². The van der Waals surface area contributed by atoms with Gasteiger partial charge in [-0.15, -0.1) is 11.3 Å². The van der Waals surface area contributed by atoms with Gasteiger partial charge >= 0.3 is 0 Å². The number of nitrogens with one attached hydrogen (secondary N) is 1. The maximum atomic E-state index is 12.9. The van der Waals surface area contributed by atoms with E-state index >= 15 is 0 Å². The van der Waals surface area contributed by atoms with E-state index in [2.05, 4.69) is 10.4 Å². The van der Waals surface area contributed by atoms with Crippen LogP contribution in [0.1, 0.15) is 18.5 Å². The summed E-state index contributed by atoms with van der Waals surface area (Å²) < 4.78 is 14.1. The molecule has 1 amide bonds. The van der Waals surface area contributed by atoms with Gasteiger partial charge in [-0.1, -0.05) is 18.2 Å². The highest BCUT2D eigenvalue weighted by atomic mass is 32.1. The number of aromatic nitrogens is 2. The predicted octanol–water partition coefficient (Wildman–Crippen LogP) is 3.03. The number of hydrogen-bond acceptors (Lipinski definition) is 4. The molecule has 2 heterocycles. The molecule has 3 rings (SSSR count). The van der Waals surface area contributed by atoms with E-state index in [4.69, 9.17) is 0 Å². The fourth-order valence-electron chi connectivity index (χ4n) is 2.50. The Bertz CT molecular complexity index is 936. The molecule has 5 nitrogen and oxygen atoms in total. The summed E-state index contributed by atoms with van der Waals surface area (Å²) in [6, 6.07) is 12.3. The third-order valence-corrected chi connectivity index (χ3v) is 4.86. The molecule has 0 saturated carbocycles. The first-order chi connectivity index (χ1) is 12.5. The summed E-state index contributed by atoms with van der Waals surface area (Å²) in [7, 11) is 0. The molecule has 0 bridgehead atoms. The molecule has 1 unspecified atom stereocenters. The van der Waals surface area contributed by atoms with Crippen molar-refractivity contribution in [2.45, 2.75) is 19.4 Å². The van der Waals surface area contributed by atoms with E-state index in [9.17, 15) is 14.0 Å². The molecule has 26 heavy (non-hydrogen) atoms. The highest BCUT2D eigenvalue weighted by molar-refractivity contribution is 7.13. The molecule has 0 spiro atoms. The molecular weight excluding hydrogens is 353 g/mol. The number of thiophene rings is 1. The van der Waals surface area contributed by atoms with Crippen LogP contribution in [0.25, 0.3) is 10.6 Å². The SMILES string of the molecule is CC(C(=O)NCCc1ccc(F)cc1)n1nc(-c2cccs2)ccc1=O. The van der Waals surface area contributed by atoms with Crippen LogP contribution in [-0.4, -0.2) is 22.2 Å². The first-order valence-corrected chi connectivity index (χ1v) is 9.08. The van der Waals surface area contributed by atoms with Crippen LogP contribution in [0.3, 0.4) is 0 Å². The Morgan fingerprint density at radius 2 is 2.00 bits per heavy atom. The second-order valence-electron chi connectivity index (χ2n) is 5.82. The number of nitrogens with zero attached hydrogens (tertiary/aromatic N) is 2. The number of rotatable bonds is 6. The molecule has 1 atom stereocenters. The molecule has 0 radical (unpaired) electrons. The zero-order valence-corrected chi connectivity index (χ0v) is 15.0. The summed E-state index contributed by atoms with van der Waals surface area (Å²) in [5.74, 6) is -0.576. The van der Waals surface area contributed by atoms with Crippen LogP contribution in [-0.2, 0) is 11.2 Å². The van der Waals surface area contributed by atoms with Crippen molar-refractivity contribution >= 4 is 17.2 Å². The summed E-state index contributed by atoms with van der Waals surface area (Å²) in [6.07, 6.45) is 0.580. The lowest BCUT2D eigenvalue weighted by Gasteiger charge is -2.14. The number of carbonyl (C=O) groups is 1. The molecule has 1 N–H and O–H groups in total. The maximum Gasteiger partial charge on any atom is 0.267 e. The quantitative estimate of drug-likeness (QED) is 0.724. The van der Waals surface area contributed by atoms with E-state index in [0.29, 0.717) is 18.7 Å². The van der Waals surface area contributed by atoms with Crippen LogP contribution in [0.15, 0.2) is 58.7 Å². The highest BCUT2D eigenvalue weighted by Crippen LogP contribution is 2.21. The molecule has 0 aliphatic heterocycles. The summed E-state index contributed by atoms with van der Waals surface area (Å²) in [4.78, 5) is 25.4. The summed E-state index contributed by atoms with van der Waals surface area (Å²) >= 11 is 1.52. The lowest BCUT2D eigenvalue weighted by molar-refractivity contribution is -0.124. The first-order valence-electron chi connectivity index (χ1n) is 8.20. The van der Waals surface area contributed by atoms with Gasteiger partial charge < -0.3 is 5.32 Å². The number of benzene rings is 1. The number of carbonyl (C=O) groups excluding carboxylic acids is 1. The Balaban J connectivity index is 1.65. The Hall–Kier alpha value is -2.80. The smallest absolute Gasteiger partial charge is 0.267 e. The van der Waals surface area contributed by atoms with Gasteiger partial charge in [-0.25, -0.2) is 9.07 Å². The molecule has 0 aliphatic rings. The van der Waals surface area contributed by atoms with Crippen molar-refractivity contribution in [1.29, 1.82) is 0 Å². The molecule has 1 aromatic carbocycles. The van der Waals surface area contributed by atoms with E-state index in [0.717, 1.165) is 10.4 Å². The van der Waals surface area contributed by atoms with Gasteiger partial charge in [0.25, 0.3) is 5.56 Å². The van der Waals surface area contributed by atoms with Crippen molar-refractivity contribution in [1.82, 2.24) is 15.1 Å². The van der Waals surface area contributed by atoms with Crippen LogP contribution in [0.5, 0.6) is 0 Å². The van der Waals surface area contributed by atoms with Gasteiger partial charge in [0.05, 0.1) is 4.88 Å². The molecule has 0 fully saturated rings. The van der Waals surface area contributed by atoms with Crippen molar-refractivity contribution in [2.24, 2.45) is 0 Å². The van der Waals surface area contributed by atoms with E-state index in [1.54, 1.807) is 25.1 Å². The van der Waals surface area contributed by atoms with Crippen LogP contribution in [0, 0.1) is 5.82 Å². The average Bonchev–Trinajstić information content (AvgIpc) is 3.18. The van der Waals surface area contributed by atoms with Crippen LogP contribution >= 0.6 is 11.3 Å². The Kier molecular flexibility index (Phi) is 5.58. The molecule has 0 saturated heterocycles. The summed E-state index contributed by atoms with van der Waals surface area (Å²) in [5, 5.41) is 9.05. The van der Waals surface area contributed by atoms with E-state index in [-0.39, 0.29) is 17.3 Å². The van der Waals surface area contributed by atoms with E-state index in [1.807, 2.05) is 17.5 Å². The normalized spacial score (nSPS) is 11.9. The summed E-state index contributed by atoms with van der Waals surface area (Å²) in [6.45, 7) is 2.04. The van der Waals surface area contributed by atoms with Gasteiger partial charge in [-0.2, -0.15) is 5.10 Å². The van der Waals surface area contributed by atoms with Crippen molar-refractivity contribution in [3.63, 3.8) is 0 Å². The monoisotopic (exact) mass is 371 g/mol. The van der Waals surface area contributed by atoms with Gasteiger partial charge in [0, 0.05) is 12.6 Å². The van der Waals surface area contributed by atoms with Crippen LogP contribution in [0.2, 0.25) is 0 Å². The van der Waals surface area contributed by atoms with Crippen LogP contribution in [0.4, 0.5) is 4.39 Å². The second-order valence-corrected chi connectivity index (χ2v) is 6.77. The van der Waals surface area contributed by atoms with E-state index < -0.39 is 6.04 Å². The minimum absolute atomic E-state index is 0.287. The second kappa shape index (κ2) is 8.05. The van der Waals surface area contributed by atoms with Gasteiger partial charge in [0.1, 0.15) is 17.6 Å². The van der Waals surface area contributed by atoms with E-state index in [1.165, 1.54) is 34.2 Å². The average molecular weight is 371 g/mol. The number of halogens is 1. The molecular formula is C19H18FN3O2S. The summed E-state index contributed by atoms with van der Waals surface area (Å²) in [5.41, 5.74) is 1.26. The van der Waals surface area contributed by atoms with Crippen molar-refractivity contribution in [3.05, 3.63) is 75.6 Å². The topological polar surface area (TPSA) is 64.0 Å². The zero-order valence-electron chi connectivity index (χ0n) is 14.2. The largest absolute Gasteiger partial charge is 0.354 e. The molecule has 7 heteroatoms. The number of amides is 1. The number of hydrogen-bond donors (Lipinski definition) is 1. The Morgan fingerprint density at radius 3 is 2.69 bits per heavy atom. The minimum atomic E-state index is -0.726. The van der Waals surface area contributed by atoms with Gasteiger partial charge in [0.15, 0.2) is 0 Å². The van der Waals surface area contributed by atoms with Crippen molar-refractivity contribution in [2.75, 3.05) is 6.54 Å². The van der Waals surface area contributed by atoms with Gasteiger partial charge in [-0.05, 0) is 48.6 Å². The third kappa shape index (κ3) is 4.23. The lowest BCUT2D eigenvalue weighted by atomic mass is 10.1. The Morgan fingerprint density at radius 1 is 1.23 bits per heavy atom.